The van der Waals surface area contributed by atoms with Crippen LogP contribution < -0.4 is 10.2 Å². The van der Waals surface area contributed by atoms with Crippen molar-refractivity contribution < 1.29 is 9.53 Å². The van der Waals surface area contributed by atoms with Gasteiger partial charge in [-0.15, -0.1) is 11.3 Å². The molecule has 0 saturated heterocycles. The van der Waals surface area contributed by atoms with Crippen molar-refractivity contribution in [3.05, 3.63) is 34.8 Å². The van der Waals surface area contributed by atoms with Crippen LogP contribution in [0, 0.1) is 6.92 Å². The average Bonchev–Trinajstić information content (AvgIpc) is 2.87. The molecule has 0 radical (unpaired) electrons. The minimum Gasteiger partial charge on any atom is -0.469 e. The number of esters is 1. The molecule has 21 heavy (non-hydrogen) atoms. The van der Waals surface area contributed by atoms with Crippen LogP contribution in [-0.2, 0) is 16.0 Å². The van der Waals surface area contributed by atoms with E-state index in [-0.39, 0.29) is 12.4 Å². The Kier molecular flexibility index (Phi) is 4.80. The molecule has 0 aliphatic rings. The second kappa shape index (κ2) is 6.58. The van der Waals surface area contributed by atoms with Crippen LogP contribution in [0.1, 0.15) is 11.3 Å². The number of anilines is 3. The van der Waals surface area contributed by atoms with Gasteiger partial charge in [-0.2, -0.15) is 0 Å². The van der Waals surface area contributed by atoms with Crippen molar-refractivity contribution in [2.45, 2.75) is 13.3 Å². The number of methoxy groups -OCH3 is 1. The quantitative estimate of drug-likeness (QED) is 0.861. The van der Waals surface area contributed by atoms with Gasteiger partial charge >= 0.3 is 5.97 Å². The summed E-state index contributed by atoms with van der Waals surface area (Å²) in [4.78, 5) is 17.7. The fourth-order valence-electron chi connectivity index (χ4n) is 1.96. The van der Waals surface area contributed by atoms with Gasteiger partial charge < -0.3 is 15.0 Å². The number of hydrogen-bond acceptors (Lipinski definition) is 6. The van der Waals surface area contributed by atoms with Gasteiger partial charge in [-0.25, -0.2) is 4.98 Å². The molecule has 0 aliphatic heterocycles. The molecule has 1 aromatic carbocycles. The molecule has 0 aliphatic carbocycles. The molecule has 1 aromatic heterocycles. The highest BCUT2D eigenvalue weighted by atomic mass is 32.1. The number of aryl methyl sites for hydroxylation is 1. The molecular formula is C15H19N3O2S. The lowest BCUT2D eigenvalue weighted by Crippen LogP contribution is -2.10. The molecule has 1 N–H and O–H groups in total. The van der Waals surface area contributed by atoms with Crippen molar-refractivity contribution in [3.63, 3.8) is 0 Å². The number of ether oxygens (including phenoxy) is 1. The van der Waals surface area contributed by atoms with E-state index in [4.69, 9.17) is 0 Å². The number of aromatic nitrogens is 1. The molecule has 0 unspecified atom stereocenters. The summed E-state index contributed by atoms with van der Waals surface area (Å²) in [6.07, 6.45) is 0.200. The Labute approximate surface area is 128 Å². The van der Waals surface area contributed by atoms with E-state index in [1.54, 1.807) is 0 Å². The summed E-state index contributed by atoms with van der Waals surface area (Å²) < 4.78 is 4.64. The zero-order valence-electron chi connectivity index (χ0n) is 12.6. The monoisotopic (exact) mass is 305 g/mol. The molecule has 2 rings (SSSR count). The molecule has 5 nitrogen and oxygen atoms in total. The first kappa shape index (κ1) is 15.3. The van der Waals surface area contributed by atoms with E-state index < -0.39 is 0 Å². The van der Waals surface area contributed by atoms with Gasteiger partial charge in [-0.05, 0) is 24.6 Å². The number of carbonyl (C=O) groups is 1. The Hall–Kier alpha value is -2.08. The lowest BCUT2D eigenvalue weighted by atomic mass is 10.1. The molecule has 6 heteroatoms. The van der Waals surface area contributed by atoms with Crippen molar-refractivity contribution in [3.8, 4) is 0 Å². The van der Waals surface area contributed by atoms with E-state index >= 15 is 0 Å². The Morgan fingerprint density at radius 1 is 1.43 bits per heavy atom. The second-order valence-corrected chi connectivity index (χ2v) is 5.78. The number of thiazole rings is 1. The lowest BCUT2D eigenvalue weighted by Gasteiger charge is -2.17. The normalized spacial score (nSPS) is 10.3. The first-order valence-corrected chi connectivity index (χ1v) is 7.44. The fraction of sp³-hybridized carbons (Fsp3) is 0.333. The summed E-state index contributed by atoms with van der Waals surface area (Å²) >= 11 is 1.47. The molecule has 0 bridgehead atoms. The molecular weight excluding hydrogens is 286 g/mol. The third kappa shape index (κ3) is 3.95. The SMILES string of the molecule is COC(=O)Cc1csc(Nc2ccc(C)c(N(C)C)c2)n1. The maximum atomic E-state index is 11.2. The van der Waals surface area contributed by atoms with Gasteiger partial charge in [0, 0.05) is 30.9 Å². The number of nitrogens with zero attached hydrogens (tertiary/aromatic N) is 2. The second-order valence-electron chi connectivity index (χ2n) is 4.92. The van der Waals surface area contributed by atoms with Crippen LogP contribution in [0.4, 0.5) is 16.5 Å². The summed E-state index contributed by atoms with van der Waals surface area (Å²) in [5, 5.41) is 5.89. The minimum absolute atomic E-state index is 0.200. The van der Waals surface area contributed by atoms with Gasteiger partial charge in [0.15, 0.2) is 5.13 Å². The molecule has 112 valence electrons. The number of rotatable bonds is 5. The summed E-state index contributed by atoms with van der Waals surface area (Å²) in [5.74, 6) is -0.280. The highest BCUT2D eigenvalue weighted by molar-refractivity contribution is 7.13. The van der Waals surface area contributed by atoms with Crippen molar-refractivity contribution in [2.75, 3.05) is 31.4 Å². The highest BCUT2D eigenvalue weighted by Gasteiger charge is 2.08. The summed E-state index contributed by atoms with van der Waals surface area (Å²) in [6.45, 7) is 2.08. The Bertz CT molecular complexity index is 638. The van der Waals surface area contributed by atoms with Crippen LogP contribution >= 0.6 is 11.3 Å². The number of carbonyl (C=O) groups excluding carboxylic acids is 1. The topological polar surface area (TPSA) is 54.5 Å². The van der Waals surface area contributed by atoms with Crippen LogP contribution in [0.15, 0.2) is 23.6 Å². The smallest absolute Gasteiger partial charge is 0.311 e. The lowest BCUT2D eigenvalue weighted by molar-refractivity contribution is -0.139. The molecule has 0 atom stereocenters. The molecule has 0 amide bonds. The van der Waals surface area contributed by atoms with E-state index in [1.165, 1.54) is 24.0 Å². The van der Waals surface area contributed by atoms with Gasteiger partial charge in [0.1, 0.15) is 0 Å². The van der Waals surface area contributed by atoms with E-state index in [0.29, 0.717) is 5.69 Å². The van der Waals surface area contributed by atoms with Crippen LogP contribution in [-0.4, -0.2) is 32.2 Å². The van der Waals surface area contributed by atoms with Crippen LogP contribution in [0.25, 0.3) is 0 Å². The van der Waals surface area contributed by atoms with Gasteiger partial charge in [0.25, 0.3) is 0 Å². The van der Waals surface area contributed by atoms with Crippen molar-refractivity contribution in [1.29, 1.82) is 0 Å². The van der Waals surface area contributed by atoms with Crippen molar-refractivity contribution in [2.24, 2.45) is 0 Å². The minimum atomic E-state index is -0.280. The third-order valence-corrected chi connectivity index (χ3v) is 3.85. The van der Waals surface area contributed by atoms with E-state index in [0.717, 1.165) is 16.5 Å². The number of nitrogens with one attached hydrogen (secondary N) is 1. The Morgan fingerprint density at radius 2 is 2.19 bits per heavy atom. The average molecular weight is 305 g/mol. The van der Waals surface area contributed by atoms with Gasteiger partial charge in [0.2, 0.25) is 0 Å². The standard InChI is InChI=1S/C15H19N3O2S/c1-10-5-6-11(7-13(10)18(2)3)16-15-17-12(9-21-15)8-14(19)20-4/h5-7,9H,8H2,1-4H3,(H,16,17). The van der Waals surface area contributed by atoms with E-state index in [2.05, 4.69) is 39.0 Å². The number of benzene rings is 1. The first-order chi connectivity index (χ1) is 9.99. The van der Waals surface area contributed by atoms with E-state index in [1.807, 2.05) is 25.5 Å². The zero-order chi connectivity index (χ0) is 15.4. The maximum absolute atomic E-state index is 11.2. The molecule has 0 saturated carbocycles. The summed E-state index contributed by atoms with van der Waals surface area (Å²) in [7, 11) is 5.41. The van der Waals surface area contributed by atoms with Gasteiger partial charge in [-0.3, -0.25) is 4.79 Å². The summed E-state index contributed by atoms with van der Waals surface area (Å²) in [6, 6.07) is 6.17. The van der Waals surface area contributed by atoms with Crippen molar-refractivity contribution >= 4 is 33.8 Å². The molecule has 1 heterocycles. The fourth-order valence-corrected chi connectivity index (χ4v) is 2.69. The van der Waals surface area contributed by atoms with Gasteiger partial charge in [0.05, 0.1) is 19.2 Å². The third-order valence-electron chi connectivity index (χ3n) is 3.05. The summed E-state index contributed by atoms with van der Waals surface area (Å²) in [5.41, 5.74) is 4.07. The van der Waals surface area contributed by atoms with E-state index in [9.17, 15) is 4.79 Å². The first-order valence-electron chi connectivity index (χ1n) is 6.56. The van der Waals surface area contributed by atoms with Crippen molar-refractivity contribution in [1.82, 2.24) is 4.98 Å². The zero-order valence-corrected chi connectivity index (χ0v) is 13.5. The predicted molar refractivity (Wildman–Crippen MR) is 86.6 cm³/mol. The molecule has 0 fully saturated rings. The molecule has 2 aromatic rings. The Morgan fingerprint density at radius 3 is 2.86 bits per heavy atom. The largest absolute Gasteiger partial charge is 0.469 e. The maximum Gasteiger partial charge on any atom is 0.311 e. The van der Waals surface area contributed by atoms with Crippen LogP contribution in [0.3, 0.4) is 0 Å². The predicted octanol–water partition coefficient (Wildman–Crippen LogP) is 2.98. The van der Waals surface area contributed by atoms with Crippen LogP contribution in [0.5, 0.6) is 0 Å². The Balaban J connectivity index is 2.11. The molecule has 0 spiro atoms. The highest BCUT2D eigenvalue weighted by Crippen LogP contribution is 2.26. The van der Waals surface area contributed by atoms with Crippen LogP contribution in [0.2, 0.25) is 0 Å². The number of hydrogen-bond donors (Lipinski definition) is 1. The van der Waals surface area contributed by atoms with Gasteiger partial charge in [-0.1, -0.05) is 6.07 Å².